The highest BCUT2D eigenvalue weighted by molar-refractivity contribution is 8.00. The van der Waals surface area contributed by atoms with Crippen molar-refractivity contribution in [3.8, 4) is 0 Å². The summed E-state index contributed by atoms with van der Waals surface area (Å²) in [5.74, 6) is 0.246. The lowest BCUT2D eigenvalue weighted by Crippen LogP contribution is -2.33. The van der Waals surface area contributed by atoms with Crippen molar-refractivity contribution < 1.29 is 19.6 Å². The molecule has 3 heterocycles. The fourth-order valence-electron chi connectivity index (χ4n) is 2.30. The molecule has 0 aromatic carbocycles. The number of nitrogens with two attached hydrogens (primary N) is 2. The van der Waals surface area contributed by atoms with E-state index in [4.69, 9.17) is 20.7 Å². The predicted octanol–water partition coefficient (Wildman–Crippen LogP) is -1.06. The first-order valence-electron chi connectivity index (χ1n) is 6.30. The zero-order chi connectivity index (χ0) is 15.9. The molecule has 3 rings (SSSR count). The van der Waals surface area contributed by atoms with Crippen LogP contribution in [0, 0.1) is 0 Å². The first kappa shape index (κ1) is 15.8. The molecule has 0 radical (unpaired) electrons. The zero-order valence-corrected chi connectivity index (χ0v) is 12.9. The molecule has 10 nitrogen and oxygen atoms in total. The van der Waals surface area contributed by atoms with Crippen LogP contribution in [0.5, 0.6) is 0 Å². The lowest BCUT2D eigenvalue weighted by molar-refractivity contribution is 0.0128. The Hall–Kier alpha value is -1.07. The van der Waals surface area contributed by atoms with Crippen molar-refractivity contribution in [1.29, 1.82) is 0 Å². The molecule has 5 atom stereocenters. The normalized spacial score (nSPS) is 30.0. The van der Waals surface area contributed by atoms with Crippen molar-refractivity contribution in [2.75, 3.05) is 12.3 Å². The van der Waals surface area contributed by atoms with Gasteiger partial charge in [-0.15, -0.1) is 11.8 Å². The quantitative estimate of drug-likeness (QED) is 0.431. The molecule has 120 valence electrons. The third kappa shape index (κ3) is 2.76. The van der Waals surface area contributed by atoms with Gasteiger partial charge in [-0.2, -0.15) is 0 Å². The molecule has 1 unspecified atom stereocenters. The lowest BCUT2D eigenvalue weighted by Gasteiger charge is -2.17. The van der Waals surface area contributed by atoms with E-state index in [0.29, 0.717) is 11.2 Å². The summed E-state index contributed by atoms with van der Waals surface area (Å²) in [6.07, 6.45) is 0.734. The molecule has 12 heteroatoms. The number of rotatable bonds is 4. The van der Waals surface area contributed by atoms with Gasteiger partial charge in [-0.1, -0.05) is 0 Å². The fraction of sp³-hybridized carbons (Fsp3) is 0.500. The molecule has 0 amide bonds. The van der Waals surface area contributed by atoms with Crippen molar-refractivity contribution in [2.45, 2.75) is 22.8 Å². The molecule has 22 heavy (non-hydrogen) atoms. The Morgan fingerprint density at radius 3 is 2.82 bits per heavy atom. The van der Waals surface area contributed by atoms with Crippen LogP contribution in [0.3, 0.4) is 0 Å². The summed E-state index contributed by atoms with van der Waals surface area (Å²) < 4.78 is 6.59. The molecule has 2 aromatic heterocycles. The average molecular weight is 346 g/mol. The summed E-state index contributed by atoms with van der Waals surface area (Å²) in [4.78, 5) is 21.1. The topological polar surface area (TPSA) is 166 Å². The summed E-state index contributed by atoms with van der Waals surface area (Å²) >= 11 is 1.29. The number of thioether (sulfide) groups is 1. The van der Waals surface area contributed by atoms with Gasteiger partial charge in [0.15, 0.2) is 11.5 Å². The lowest BCUT2D eigenvalue weighted by atomic mass is 10.1. The predicted molar refractivity (Wildman–Crippen MR) is 81.4 cm³/mol. The van der Waals surface area contributed by atoms with Crippen molar-refractivity contribution in [2.24, 2.45) is 5.50 Å². The van der Waals surface area contributed by atoms with E-state index in [0.717, 1.165) is 0 Å². The van der Waals surface area contributed by atoms with Crippen LogP contribution in [0.15, 0.2) is 12.7 Å². The Morgan fingerprint density at radius 1 is 1.32 bits per heavy atom. The van der Waals surface area contributed by atoms with Crippen LogP contribution >= 0.6 is 20.3 Å². The highest BCUT2D eigenvalue weighted by atomic mass is 32.2. The molecular weight excluding hydrogens is 331 g/mol. The molecule has 2 aromatic rings. The molecule has 0 spiro atoms. The van der Waals surface area contributed by atoms with Gasteiger partial charge in [-0.05, 0) is 0 Å². The number of imidazole rings is 1. The van der Waals surface area contributed by atoms with E-state index in [9.17, 15) is 10.2 Å². The third-order valence-corrected chi connectivity index (χ3v) is 5.33. The van der Waals surface area contributed by atoms with Crippen molar-refractivity contribution in [3.05, 3.63) is 12.7 Å². The van der Waals surface area contributed by atoms with Crippen LogP contribution in [-0.4, -0.2) is 58.7 Å². The second-order valence-corrected chi connectivity index (χ2v) is 6.95. The molecule has 0 saturated carbocycles. The van der Waals surface area contributed by atoms with Gasteiger partial charge in [0.2, 0.25) is 8.53 Å². The molecule has 7 N–H and O–H groups in total. The number of fused-ring (bicyclic) bond motifs is 1. The van der Waals surface area contributed by atoms with Gasteiger partial charge in [0, 0.05) is 0 Å². The first-order chi connectivity index (χ1) is 10.5. The minimum atomic E-state index is -2.00. The number of aromatic nitrogens is 4. The third-order valence-electron chi connectivity index (χ3n) is 3.37. The number of aliphatic hydroxyl groups excluding tert-OH is 2. The summed E-state index contributed by atoms with van der Waals surface area (Å²) in [6.45, 7) is 0.0296. The van der Waals surface area contributed by atoms with Crippen LogP contribution in [-0.2, 0) is 4.52 Å². The highest BCUT2D eigenvalue weighted by Crippen LogP contribution is 2.44. The minimum absolute atomic E-state index is 0.0296. The number of anilines is 1. The van der Waals surface area contributed by atoms with Crippen molar-refractivity contribution >= 4 is 37.3 Å². The van der Waals surface area contributed by atoms with Gasteiger partial charge < -0.3 is 25.4 Å². The van der Waals surface area contributed by atoms with Crippen LogP contribution in [0.4, 0.5) is 5.82 Å². The SMILES string of the molecule is Nc1ncnc2c1ncn2[C@@H]1S[C@H](COP(N)O)[C@@H](O)[C@H]1O. The van der Waals surface area contributed by atoms with Crippen LogP contribution in [0.1, 0.15) is 5.37 Å². The van der Waals surface area contributed by atoms with Gasteiger partial charge >= 0.3 is 0 Å². The number of hydrogen-bond acceptors (Lipinski definition) is 10. The van der Waals surface area contributed by atoms with Gasteiger partial charge in [-0.25, -0.2) is 15.0 Å². The molecule has 1 aliphatic rings. The molecule has 0 bridgehead atoms. The summed E-state index contributed by atoms with van der Waals surface area (Å²) in [7, 11) is -2.00. The van der Waals surface area contributed by atoms with Crippen LogP contribution < -0.4 is 11.2 Å². The summed E-state index contributed by atoms with van der Waals surface area (Å²) in [5, 5.41) is 19.4. The van der Waals surface area contributed by atoms with Crippen molar-refractivity contribution in [1.82, 2.24) is 19.5 Å². The zero-order valence-electron chi connectivity index (χ0n) is 11.2. The first-order valence-corrected chi connectivity index (χ1v) is 8.52. The van der Waals surface area contributed by atoms with Gasteiger partial charge in [0.05, 0.1) is 24.3 Å². The van der Waals surface area contributed by atoms with Gasteiger partial charge in [0.25, 0.3) is 0 Å². The van der Waals surface area contributed by atoms with E-state index in [1.54, 1.807) is 4.57 Å². The minimum Gasteiger partial charge on any atom is -0.389 e. The number of hydrogen-bond donors (Lipinski definition) is 5. The monoisotopic (exact) mass is 346 g/mol. The summed E-state index contributed by atoms with van der Waals surface area (Å²) in [5.41, 5.74) is 11.8. The maximum Gasteiger partial charge on any atom is 0.250 e. The van der Waals surface area contributed by atoms with Crippen molar-refractivity contribution in [3.63, 3.8) is 0 Å². The molecule has 1 aliphatic heterocycles. The smallest absolute Gasteiger partial charge is 0.250 e. The second kappa shape index (κ2) is 6.20. The maximum atomic E-state index is 10.3. The van der Waals surface area contributed by atoms with E-state index < -0.39 is 31.4 Å². The van der Waals surface area contributed by atoms with Crippen LogP contribution in [0.25, 0.3) is 11.2 Å². The van der Waals surface area contributed by atoms with E-state index in [2.05, 4.69) is 15.0 Å². The van der Waals surface area contributed by atoms with Gasteiger partial charge in [-0.3, -0.25) is 10.1 Å². The Labute approximate surface area is 130 Å². The van der Waals surface area contributed by atoms with E-state index in [1.807, 2.05) is 0 Å². The van der Waals surface area contributed by atoms with E-state index >= 15 is 0 Å². The van der Waals surface area contributed by atoms with Crippen LogP contribution in [0.2, 0.25) is 0 Å². The Bertz CT molecular complexity index is 672. The standard InChI is InChI=1S/C10H15N6O4PS/c11-8-5-9(14-2-13-8)16(3-15-5)10-7(18)6(17)4(22-10)1-20-21(12)19/h2-4,6-7,10,17-19H,1,12H2,(H2,11,13,14)/t4-,6-,7-,10-,21?/m1/s1. The molecule has 1 fully saturated rings. The fourth-order valence-corrected chi connectivity index (χ4v) is 4.15. The van der Waals surface area contributed by atoms with Gasteiger partial charge in [0.1, 0.15) is 23.3 Å². The average Bonchev–Trinajstić information content (AvgIpc) is 3.01. The second-order valence-electron chi connectivity index (χ2n) is 4.73. The Balaban J connectivity index is 1.86. The molecule has 0 aliphatic carbocycles. The largest absolute Gasteiger partial charge is 0.389 e. The number of nitrogens with zero attached hydrogens (tertiary/aromatic N) is 4. The highest BCUT2D eigenvalue weighted by Gasteiger charge is 2.44. The van der Waals surface area contributed by atoms with E-state index in [-0.39, 0.29) is 12.4 Å². The Morgan fingerprint density at radius 2 is 2.09 bits per heavy atom. The Kier molecular flexibility index (Phi) is 4.46. The number of aliphatic hydroxyl groups is 2. The molecular formula is C10H15N6O4PS. The maximum absolute atomic E-state index is 10.3. The summed E-state index contributed by atoms with van der Waals surface area (Å²) in [6, 6.07) is 0. The van der Waals surface area contributed by atoms with E-state index in [1.165, 1.54) is 24.4 Å². The number of nitrogen functional groups attached to an aromatic ring is 1. The molecule has 1 saturated heterocycles.